The van der Waals surface area contributed by atoms with Crippen molar-refractivity contribution in [2.75, 3.05) is 6.61 Å². The smallest absolute Gasteiger partial charge is 0.354 e. The van der Waals surface area contributed by atoms with Gasteiger partial charge in [0.2, 0.25) is 0 Å². The molecule has 5 nitrogen and oxygen atoms in total. The molecule has 58 valence electrons. The van der Waals surface area contributed by atoms with Gasteiger partial charge < -0.3 is 5.11 Å². The number of hydrogen-bond donors (Lipinski definition) is 2. The summed E-state index contributed by atoms with van der Waals surface area (Å²) >= 11 is 9.76. The summed E-state index contributed by atoms with van der Waals surface area (Å²) in [4.78, 5) is 20.5. The molecule has 0 saturated carbocycles. The molecule has 0 aliphatic rings. The van der Waals surface area contributed by atoms with Gasteiger partial charge in [-0.05, 0) is 0 Å². The second-order valence-corrected chi connectivity index (χ2v) is 2.09. The number of carbonyl (C=O) groups excluding carboxylic acids is 2. The van der Waals surface area contributed by atoms with Crippen LogP contribution in [0.15, 0.2) is 0 Å². The molecule has 0 aromatic rings. The molecule has 0 unspecified atom stereocenters. The van der Waals surface area contributed by atoms with Crippen LogP contribution in [0.3, 0.4) is 0 Å². The number of halogens is 2. The molecule has 0 spiro atoms. The Morgan fingerprint density at radius 3 is 2.30 bits per heavy atom. The van der Waals surface area contributed by atoms with E-state index < -0.39 is 18.5 Å². The summed E-state index contributed by atoms with van der Waals surface area (Å²) in [5.74, 6) is -0.865. The third-order valence-corrected chi connectivity index (χ3v) is 0.851. The Bertz CT molecular complexity index is 149. The molecule has 2 N–H and O–H groups in total. The average Bonchev–Trinajstić information content (AvgIpc) is 1.87. The van der Waals surface area contributed by atoms with Gasteiger partial charge in [0.15, 0.2) is 0 Å². The van der Waals surface area contributed by atoms with Crippen molar-refractivity contribution in [1.29, 1.82) is 0 Å². The van der Waals surface area contributed by atoms with Gasteiger partial charge in [0.25, 0.3) is 5.91 Å². The molecule has 0 aromatic carbocycles. The SMILES string of the molecule is O=C(CO)NC(=O)N(Cl)Cl. The Morgan fingerprint density at radius 1 is 1.50 bits per heavy atom. The number of aliphatic hydroxyl groups excluding tert-OH is 1. The molecule has 7 heteroatoms. The fourth-order valence-electron chi connectivity index (χ4n) is 0.201. The molecule has 0 bridgehead atoms. The second-order valence-electron chi connectivity index (χ2n) is 1.24. The van der Waals surface area contributed by atoms with Crippen molar-refractivity contribution in [3.05, 3.63) is 0 Å². The number of amides is 3. The number of nitrogens with zero attached hydrogens (tertiary/aromatic N) is 1. The van der Waals surface area contributed by atoms with E-state index in [1.165, 1.54) is 0 Å². The maximum Gasteiger partial charge on any atom is 0.354 e. The van der Waals surface area contributed by atoms with E-state index in [1.54, 1.807) is 5.32 Å². The van der Waals surface area contributed by atoms with Gasteiger partial charge in [0.1, 0.15) is 6.61 Å². The Balaban J connectivity index is 3.69. The lowest BCUT2D eigenvalue weighted by Gasteiger charge is -2.02. The predicted octanol–water partition coefficient (Wildman–Crippen LogP) is -0.175. The molecular formula is C3H4Cl2N2O3. The molecule has 0 fully saturated rings. The van der Waals surface area contributed by atoms with Gasteiger partial charge in [-0.1, -0.05) is 0 Å². The van der Waals surface area contributed by atoms with Crippen LogP contribution in [0.5, 0.6) is 0 Å². The number of hydrogen-bond acceptors (Lipinski definition) is 3. The number of urea groups is 1. The summed E-state index contributed by atoms with van der Waals surface area (Å²) < 4.78 is 0.146. The van der Waals surface area contributed by atoms with E-state index in [4.69, 9.17) is 28.7 Å². The minimum absolute atomic E-state index is 0.146. The topological polar surface area (TPSA) is 69.6 Å². The first-order valence-corrected chi connectivity index (χ1v) is 2.82. The van der Waals surface area contributed by atoms with Crippen molar-refractivity contribution >= 4 is 35.5 Å². The van der Waals surface area contributed by atoms with Crippen molar-refractivity contribution in [3.8, 4) is 0 Å². The largest absolute Gasteiger partial charge is 0.387 e. The number of nitrogens with one attached hydrogen (secondary N) is 1. The molecule has 0 aliphatic carbocycles. The third kappa shape index (κ3) is 3.49. The molecule has 10 heavy (non-hydrogen) atoms. The lowest BCUT2D eigenvalue weighted by Crippen LogP contribution is -2.36. The van der Waals surface area contributed by atoms with E-state index in [9.17, 15) is 9.59 Å². The zero-order valence-corrected chi connectivity index (χ0v) is 6.19. The van der Waals surface area contributed by atoms with Crippen LogP contribution in [0, 0.1) is 0 Å². The summed E-state index contributed by atoms with van der Waals surface area (Å²) in [5.41, 5.74) is 0. The minimum Gasteiger partial charge on any atom is -0.387 e. The van der Waals surface area contributed by atoms with Gasteiger partial charge in [-0.25, -0.2) is 4.79 Å². The van der Waals surface area contributed by atoms with Crippen LogP contribution in [-0.2, 0) is 4.79 Å². The van der Waals surface area contributed by atoms with Gasteiger partial charge in [0, 0.05) is 23.6 Å². The average molecular weight is 187 g/mol. The molecular weight excluding hydrogens is 183 g/mol. The highest BCUT2D eigenvalue weighted by Gasteiger charge is 2.10. The standard InChI is InChI=1S/C3H4Cl2N2O3/c4-7(5)3(10)6-2(9)1-8/h8H,1H2,(H,6,9,10). The monoisotopic (exact) mass is 186 g/mol. The lowest BCUT2D eigenvalue weighted by molar-refractivity contribution is -0.122. The third-order valence-electron chi connectivity index (χ3n) is 0.543. The Kier molecular flexibility index (Phi) is 4.10. The molecule has 0 heterocycles. The molecule has 0 saturated heterocycles. The normalized spacial score (nSPS) is 8.70. The summed E-state index contributed by atoms with van der Waals surface area (Å²) in [7, 11) is 0. The van der Waals surface area contributed by atoms with Crippen molar-refractivity contribution in [3.63, 3.8) is 0 Å². The van der Waals surface area contributed by atoms with E-state index in [2.05, 4.69) is 0 Å². The van der Waals surface area contributed by atoms with Gasteiger partial charge in [-0.2, -0.15) is 0 Å². The summed E-state index contributed by atoms with van der Waals surface area (Å²) in [6.45, 7) is -0.784. The molecule has 0 atom stereocenters. The molecule has 3 amide bonds. The first-order chi connectivity index (χ1) is 4.57. The number of rotatable bonds is 1. The molecule has 0 rings (SSSR count). The van der Waals surface area contributed by atoms with E-state index in [1.807, 2.05) is 0 Å². The van der Waals surface area contributed by atoms with Gasteiger partial charge in [-0.15, -0.1) is 3.94 Å². The summed E-state index contributed by atoms with van der Waals surface area (Å²) in [6.07, 6.45) is 0. The highest BCUT2D eigenvalue weighted by atomic mass is 35.5. The lowest BCUT2D eigenvalue weighted by atomic mass is 10.6. The Hall–Kier alpha value is -0.520. The molecule has 0 radical (unpaired) electrons. The van der Waals surface area contributed by atoms with Crippen LogP contribution in [0.4, 0.5) is 4.79 Å². The first-order valence-electron chi connectivity index (χ1n) is 2.14. The number of imide groups is 1. The Labute approximate surface area is 66.7 Å². The van der Waals surface area contributed by atoms with Crippen LogP contribution in [-0.4, -0.2) is 27.6 Å². The quantitative estimate of drug-likeness (QED) is 0.559. The van der Waals surface area contributed by atoms with Crippen molar-refractivity contribution < 1.29 is 14.7 Å². The molecule has 0 aromatic heterocycles. The summed E-state index contributed by atoms with van der Waals surface area (Å²) in [5, 5.41) is 9.76. The van der Waals surface area contributed by atoms with Crippen LogP contribution in [0.25, 0.3) is 0 Å². The van der Waals surface area contributed by atoms with E-state index in [0.717, 1.165) is 0 Å². The van der Waals surface area contributed by atoms with Gasteiger partial charge in [-0.3, -0.25) is 10.1 Å². The van der Waals surface area contributed by atoms with Crippen molar-refractivity contribution in [1.82, 2.24) is 9.25 Å². The van der Waals surface area contributed by atoms with Gasteiger partial charge in [0.05, 0.1) is 0 Å². The zero-order chi connectivity index (χ0) is 8.15. The molecule has 0 aliphatic heterocycles. The van der Waals surface area contributed by atoms with Crippen molar-refractivity contribution in [2.45, 2.75) is 0 Å². The number of carbonyl (C=O) groups is 2. The second kappa shape index (κ2) is 4.32. The highest BCUT2D eigenvalue weighted by Crippen LogP contribution is 1.97. The van der Waals surface area contributed by atoms with Crippen LogP contribution >= 0.6 is 23.6 Å². The van der Waals surface area contributed by atoms with Crippen LogP contribution in [0.2, 0.25) is 0 Å². The van der Waals surface area contributed by atoms with Gasteiger partial charge >= 0.3 is 6.03 Å². The van der Waals surface area contributed by atoms with E-state index in [-0.39, 0.29) is 3.94 Å². The minimum atomic E-state index is -0.998. The van der Waals surface area contributed by atoms with Crippen molar-refractivity contribution in [2.24, 2.45) is 0 Å². The van der Waals surface area contributed by atoms with E-state index >= 15 is 0 Å². The maximum atomic E-state index is 10.3. The van der Waals surface area contributed by atoms with E-state index in [0.29, 0.717) is 0 Å². The maximum absolute atomic E-state index is 10.3. The Morgan fingerprint density at radius 2 is 2.00 bits per heavy atom. The zero-order valence-electron chi connectivity index (χ0n) is 4.67. The first kappa shape index (κ1) is 9.48. The summed E-state index contributed by atoms with van der Waals surface area (Å²) in [6, 6.07) is -0.998. The highest BCUT2D eigenvalue weighted by molar-refractivity contribution is 6.41. The van der Waals surface area contributed by atoms with Crippen LogP contribution < -0.4 is 5.32 Å². The predicted molar refractivity (Wildman–Crippen MR) is 34.2 cm³/mol. The fourth-order valence-corrected chi connectivity index (χ4v) is 0.286. The van der Waals surface area contributed by atoms with Crippen LogP contribution in [0.1, 0.15) is 0 Å². The fraction of sp³-hybridized carbons (Fsp3) is 0.333. The number of aliphatic hydroxyl groups is 1.